The number of carbonyl (C=O) groups excluding carboxylic acids is 1. The molecule has 1 N–H and O–H groups in total. The Labute approximate surface area is 245 Å². The molecular weight excluding hydrogens is 575 g/mol. The third-order valence-corrected chi connectivity index (χ3v) is 9.54. The van der Waals surface area contributed by atoms with Crippen LogP contribution in [0, 0.1) is 23.5 Å². The van der Waals surface area contributed by atoms with Gasteiger partial charge < -0.3 is 19.5 Å². The number of likely N-dealkylation sites (tertiary alicyclic amines) is 1. The van der Waals surface area contributed by atoms with Crippen LogP contribution in [-0.2, 0) is 22.3 Å². The molecule has 0 radical (unpaired) electrons. The third kappa shape index (κ3) is 5.59. The molecule has 2 saturated heterocycles. The standard InChI is InChI=1S/C31H33F5N2O5/c1-17-13-37(9-7-23(17)18-2-5-25(32)24(11-18)28(39)40)22-6-8-30(43-15-22,20-3-4-20)29(41)38-14-19-10-21(31(34,35)36)12-26(33)27(19)42-16-38/h2,5,10-12,17,20,22-23H,3-4,6-9,13-16H2,1H3,(H,39,40)/t17-,22+,23-,30-/m0/s1. The van der Waals surface area contributed by atoms with Crippen LogP contribution >= 0.6 is 0 Å². The van der Waals surface area contributed by atoms with Gasteiger partial charge in [0, 0.05) is 18.2 Å². The van der Waals surface area contributed by atoms with Crippen LogP contribution in [0.5, 0.6) is 5.75 Å². The number of fused-ring (bicyclic) bond motifs is 1. The van der Waals surface area contributed by atoms with Crippen molar-refractivity contribution in [1.82, 2.24) is 9.80 Å². The first kappa shape index (κ1) is 29.8. The molecule has 2 aromatic rings. The van der Waals surface area contributed by atoms with E-state index in [1.165, 1.54) is 17.0 Å². The van der Waals surface area contributed by atoms with Crippen molar-refractivity contribution in [2.75, 3.05) is 26.4 Å². The summed E-state index contributed by atoms with van der Waals surface area (Å²) in [6.07, 6.45) is -1.20. The van der Waals surface area contributed by atoms with Crippen LogP contribution in [0.25, 0.3) is 0 Å². The highest BCUT2D eigenvalue weighted by Gasteiger charge is 2.56. The van der Waals surface area contributed by atoms with Gasteiger partial charge in [0.2, 0.25) is 0 Å². The fraction of sp³-hybridized carbons (Fsp3) is 0.548. The molecule has 1 aliphatic carbocycles. The number of ether oxygens (including phenoxy) is 2. The number of nitrogens with zero attached hydrogens (tertiary/aromatic N) is 2. The second-order valence-corrected chi connectivity index (χ2v) is 12.3. The number of amides is 1. The van der Waals surface area contributed by atoms with Gasteiger partial charge in [-0.3, -0.25) is 9.69 Å². The van der Waals surface area contributed by atoms with Crippen LogP contribution in [-0.4, -0.2) is 64.9 Å². The van der Waals surface area contributed by atoms with Gasteiger partial charge in [-0.25, -0.2) is 13.6 Å². The molecule has 0 unspecified atom stereocenters. The minimum Gasteiger partial charge on any atom is -0.478 e. The number of hydrogen-bond donors (Lipinski definition) is 1. The number of hydrogen-bond acceptors (Lipinski definition) is 5. The van der Waals surface area contributed by atoms with E-state index in [-0.39, 0.29) is 59.9 Å². The predicted molar refractivity (Wildman–Crippen MR) is 143 cm³/mol. The van der Waals surface area contributed by atoms with Crippen LogP contribution in [0.1, 0.15) is 72.0 Å². The number of carboxylic acid groups (broad SMARTS) is 1. The summed E-state index contributed by atoms with van der Waals surface area (Å²) >= 11 is 0. The molecule has 43 heavy (non-hydrogen) atoms. The van der Waals surface area contributed by atoms with E-state index in [2.05, 4.69) is 11.8 Å². The average Bonchev–Trinajstić information content (AvgIpc) is 3.82. The van der Waals surface area contributed by atoms with Gasteiger partial charge in [0.25, 0.3) is 5.91 Å². The Morgan fingerprint density at radius 2 is 1.81 bits per heavy atom. The van der Waals surface area contributed by atoms with E-state index >= 15 is 0 Å². The number of carboxylic acids is 1. The summed E-state index contributed by atoms with van der Waals surface area (Å²) in [7, 11) is 0. The van der Waals surface area contributed by atoms with Crippen LogP contribution in [0.15, 0.2) is 30.3 Å². The van der Waals surface area contributed by atoms with Gasteiger partial charge in [0.05, 0.1) is 24.3 Å². The number of halogens is 5. The minimum absolute atomic E-state index is 0.00663. The Morgan fingerprint density at radius 1 is 1.05 bits per heavy atom. The van der Waals surface area contributed by atoms with Gasteiger partial charge in [0.15, 0.2) is 18.3 Å². The van der Waals surface area contributed by atoms with Gasteiger partial charge in [-0.2, -0.15) is 13.2 Å². The van der Waals surface area contributed by atoms with E-state index in [0.29, 0.717) is 25.5 Å². The van der Waals surface area contributed by atoms with Crippen molar-refractivity contribution in [3.05, 3.63) is 64.2 Å². The van der Waals surface area contributed by atoms with E-state index in [1.807, 2.05) is 0 Å². The van der Waals surface area contributed by atoms with Crippen LogP contribution in [0.2, 0.25) is 0 Å². The Hall–Kier alpha value is -3.25. The first-order valence-electron chi connectivity index (χ1n) is 14.6. The summed E-state index contributed by atoms with van der Waals surface area (Å²) in [5.74, 6) is -3.50. The summed E-state index contributed by atoms with van der Waals surface area (Å²) in [5, 5.41) is 9.32. The lowest BCUT2D eigenvalue weighted by atomic mass is 9.79. The monoisotopic (exact) mass is 608 g/mol. The molecule has 0 aromatic heterocycles. The highest BCUT2D eigenvalue weighted by molar-refractivity contribution is 5.88. The number of rotatable bonds is 5. The predicted octanol–water partition coefficient (Wildman–Crippen LogP) is 5.81. The van der Waals surface area contributed by atoms with Crippen LogP contribution in [0.3, 0.4) is 0 Å². The number of aromatic carboxylic acids is 1. The molecule has 4 aliphatic rings. The Bertz CT molecular complexity index is 1420. The molecule has 0 spiro atoms. The van der Waals surface area contributed by atoms with Crippen molar-refractivity contribution in [3.8, 4) is 5.75 Å². The minimum atomic E-state index is -4.73. The second-order valence-electron chi connectivity index (χ2n) is 12.3. The number of alkyl halides is 3. The lowest BCUT2D eigenvalue weighted by molar-refractivity contribution is -0.180. The van der Waals surface area contributed by atoms with E-state index in [4.69, 9.17) is 9.47 Å². The maximum Gasteiger partial charge on any atom is 0.416 e. The Kier molecular flexibility index (Phi) is 7.65. The molecule has 4 atom stereocenters. The number of piperidine rings is 1. The van der Waals surface area contributed by atoms with E-state index < -0.39 is 34.9 Å². The normalized spacial score (nSPS) is 28.2. The van der Waals surface area contributed by atoms with Crippen molar-refractivity contribution >= 4 is 11.9 Å². The zero-order chi connectivity index (χ0) is 30.7. The van der Waals surface area contributed by atoms with Gasteiger partial charge >= 0.3 is 12.1 Å². The molecule has 232 valence electrons. The molecule has 2 aromatic carbocycles. The lowest BCUT2D eigenvalue weighted by Gasteiger charge is -2.47. The highest BCUT2D eigenvalue weighted by Crippen LogP contribution is 2.49. The van der Waals surface area contributed by atoms with Gasteiger partial charge in [0.1, 0.15) is 11.4 Å². The summed E-state index contributed by atoms with van der Waals surface area (Å²) in [6, 6.07) is 5.58. The molecule has 7 nitrogen and oxygen atoms in total. The molecular formula is C31H33F5N2O5. The summed E-state index contributed by atoms with van der Waals surface area (Å²) in [6.45, 7) is 3.40. The second kappa shape index (κ2) is 11.0. The fourth-order valence-corrected chi connectivity index (χ4v) is 7.11. The first-order valence-corrected chi connectivity index (χ1v) is 14.6. The smallest absolute Gasteiger partial charge is 0.416 e. The van der Waals surface area contributed by atoms with Gasteiger partial charge in [-0.1, -0.05) is 13.0 Å². The molecule has 0 bridgehead atoms. The fourth-order valence-electron chi connectivity index (χ4n) is 7.11. The SMILES string of the molecule is C[C@H]1CN([C@@H]2CC[C@@](C(=O)N3COc4c(F)cc(C(F)(F)F)cc4C3)(C3CC3)OC2)CC[C@@H]1c1ccc(F)c(C(=O)O)c1. The van der Waals surface area contributed by atoms with Crippen molar-refractivity contribution in [2.24, 2.45) is 11.8 Å². The third-order valence-electron chi connectivity index (χ3n) is 9.54. The van der Waals surface area contributed by atoms with Crippen molar-refractivity contribution < 1.29 is 46.1 Å². The van der Waals surface area contributed by atoms with Crippen molar-refractivity contribution in [2.45, 2.75) is 69.3 Å². The van der Waals surface area contributed by atoms with Crippen LogP contribution < -0.4 is 4.74 Å². The average molecular weight is 609 g/mol. The quantitative estimate of drug-likeness (QED) is 0.432. The molecule has 3 heterocycles. The maximum absolute atomic E-state index is 14.4. The summed E-state index contributed by atoms with van der Waals surface area (Å²) in [4.78, 5) is 29.0. The zero-order valence-corrected chi connectivity index (χ0v) is 23.6. The Balaban J connectivity index is 1.11. The molecule has 3 fully saturated rings. The van der Waals surface area contributed by atoms with E-state index in [1.54, 1.807) is 6.07 Å². The number of carbonyl (C=O) groups is 2. The molecule has 6 rings (SSSR count). The first-order chi connectivity index (χ1) is 20.4. The van der Waals surface area contributed by atoms with Gasteiger partial charge in [-0.15, -0.1) is 0 Å². The molecule has 3 aliphatic heterocycles. The van der Waals surface area contributed by atoms with E-state index in [0.717, 1.165) is 44.0 Å². The molecule has 12 heteroatoms. The highest BCUT2D eigenvalue weighted by atomic mass is 19.4. The molecule has 1 amide bonds. The van der Waals surface area contributed by atoms with E-state index in [9.17, 15) is 36.6 Å². The lowest BCUT2D eigenvalue weighted by Crippen LogP contribution is -2.59. The number of benzene rings is 2. The maximum atomic E-state index is 14.4. The summed E-state index contributed by atoms with van der Waals surface area (Å²) < 4.78 is 80.1. The summed E-state index contributed by atoms with van der Waals surface area (Å²) in [5.41, 5.74) is -1.78. The zero-order valence-electron chi connectivity index (χ0n) is 23.6. The Morgan fingerprint density at radius 3 is 2.44 bits per heavy atom. The largest absolute Gasteiger partial charge is 0.478 e. The van der Waals surface area contributed by atoms with Crippen molar-refractivity contribution in [3.63, 3.8) is 0 Å². The molecule has 1 saturated carbocycles. The van der Waals surface area contributed by atoms with Gasteiger partial charge in [-0.05, 0) is 86.2 Å². The topological polar surface area (TPSA) is 79.3 Å². The van der Waals surface area contributed by atoms with Crippen LogP contribution in [0.4, 0.5) is 22.0 Å². The van der Waals surface area contributed by atoms with Crippen molar-refractivity contribution in [1.29, 1.82) is 0 Å².